The molecule has 1 N–H and O–H groups in total. The van der Waals surface area contributed by atoms with Crippen LogP contribution in [0.15, 0.2) is 48.5 Å². The van der Waals surface area contributed by atoms with Crippen LogP contribution in [0.3, 0.4) is 0 Å². The van der Waals surface area contributed by atoms with Crippen LogP contribution in [0.1, 0.15) is 11.1 Å². The number of ether oxygens (including phenoxy) is 2. The standard InChI is InChI=1S/C22H23N3O4/c1-16-4-8-18(9-5-16)24-21(26)15-25(2)22(27)11-7-17-6-10-19(29-13-12-23)20(14-17)28-3/h4-11,14H,13,15H2,1-3H3,(H,24,26)/b11-7+. The van der Waals surface area contributed by atoms with Gasteiger partial charge in [-0.05, 0) is 42.8 Å². The van der Waals surface area contributed by atoms with Crippen molar-refractivity contribution in [3.05, 3.63) is 59.7 Å². The average molecular weight is 393 g/mol. The number of hydrogen-bond donors (Lipinski definition) is 1. The molecule has 7 heteroatoms. The Morgan fingerprint density at radius 1 is 1.17 bits per heavy atom. The van der Waals surface area contributed by atoms with Gasteiger partial charge in [0.25, 0.3) is 0 Å². The fourth-order valence-electron chi connectivity index (χ4n) is 2.44. The maximum Gasteiger partial charge on any atom is 0.246 e. The van der Waals surface area contributed by atoms with E-state index in [0.29, 0.717) is 17.2 Å². The molecule has 150 valence electrons. The van der Waals surface area contributed by atoms with Crippen molar-refractivity contribution in [3.8, 4) is 17.6 Å². The summed E-state index contributed by atoms with van der Waals surface area (Å²) < 4.78 is 10.5. The van der Waals surface area contributed by atoms with Crippen LogP contribution in [0.2, 0.25) is 0 Å². The van der Waals surface area contributed by atoms with Gasteiger partial charge in [0, 0.05) is 18.8 Å². The van der Waals surface area contributed by atoms with Crippen LogP contribution < -0.4 is 14.8 Å². The molecule has 0 bridgehead atoms. The topological polar surface area (TPSA) is 91.7 Å². The second-order valence-electron chi connectivity index (χ2n) is 6.30. The van der Waals surface area contributed by atoms with E-state index in [1.54, 1.807) is 31.3 Å². The third kappa shape index (κ3) is 6.70. The number of hydrogen-bond acceptors (Lipinski definition) is 5. The third-order valence-electron chi connectivity index (χ3n) is 3.99. The lowest BCUT2D eigenvalue weighted by atomic mass is 10.2. The van der Waals surface area contributed by atoms with Crippen LogP contribution in [0.5, 0.6) is 11.5 Å². The zero-order chi connectivity index (χ0) is 21.2. The lowest BCUT2D eigenvalue weighted by Crippen LogP contribution is -2.33. The SMILES string of the molecule is COc1cc(/C=C/C(=O)N(C)CC(=O)Nc2ccc(C)cc2)ccc1OCC#N. The molecule has 0 spiro atoms. The monoisotopic (exact) mass is 393 g/mol. The number of methoxy groups -OCH3 is 1. The molecule has 0 radical (unpaired) electrons. The average Bonchev–Trinajstić information content (AvgIpc) is 2.72. The Balaban J connectivity index is 1.94. The Morgan fingerprint density at radius 3 is 2.55 bits per heavy atom. The van der Waals surface area contributed by atoms with E-state index in [1.165, 1.54) is 18.1 Å². The predicted molar refractivity (Wildman–Crippen MR) is 111 cm³/mol. The lowest BCUT2D eigenvalue weighted by molar-refractivity contribution is -0.129. The normalized spacial score (nSPS) is 10.3. The second-order valence-corrected chi connectivity index (χ2v) is 6.30. The van der Waals surface area contributed by atoms with Crippen molar-refractivity contribution in [3.63, 3.8) is 0 Å². The van der Waals surface area contributed by atoms with Crippen LogP contribution in [0.4, 0.5) is 5.69 Å². The minimum atomic E-state index is -0.312. The van der Waals surface area contributed by atoms with Gasteiger partial charge in [0.2, 0.25) is 11.8 Å². The van der Waals surface area contributed by atoms with Crippen LogP contribution in [-0.4, -0.2) is 44.0 Å². The molecular formula is C22H23N3O4. The van der Waals surface area contributed by atoms with E-state index in [2.05, 4.69) is 5.32 Å². The van der Waals surface area contributed by atoms with Gasteiger partial charge in [-0.2, -0.15) is 5.26 Å². The Hall–Kier alpha value is -3.79. The van der Waals surface area contributed by atoms with Crippen LogP contribution in [-0.2, 0) is 9.59 Å². The van der Waals surface area contributed by atoms with Crippen molar-refractivity contribution in [2.24, 2.45) is 0 Å². The molecule has 2 rings (SSSR count). The fraction of sp³-hybridized carbons (Fsp3) is 0.227. The number of nitrogens with zero attached hydrogens (tertiary/aromatic N) is 2. The molecule has 0 saturated heterocycles. The predicted octanol–water partition coefficient (Wildman–Crippen LogP) is 3.02. The highest BCUT2D eigenvalue weighted by Crippen LogP contribution is 2.28. The Bertz CT molecular complexity index is 930. The van der Waals surface area contributed by atoms with Gasteiger partial charge < -0.3 is 19.7 Å². The van der Waals surface area contributed by atoms with E-state index in [-0.39, 0.29) is 25.0 Å². The van der Waals surface area contributed by atoms with Gasteiger partial charge in [0.05, 0.1) is 13.7 Å². The highest BCUT2D eigenvalue weighted by Gasteiger charge is 2.11. The van der Waals surface area contributed by atoms with Crippen LogP contribution >= 0.6 is 0 Å². The maximum absolute atomic E-state index is 12.3. The van der Waals surface area contributed by atoms with Gasteiger partial charge >= 0.3 is 0 Å². The molecule has 0 aromatic heterocycles. The number of likely N-dealkylation sites (N-methyl/N-ethyl adjacent to an activating group) is 1. The number of carbonyl (C=O) groups excluding carboxylic acids is 2. The minimum Gasteiger partial charge on any atom is -0.493 e. The first-order valence-corrected chi connectivity index (χ1v) is 8.90. The summed E-state index contributed by atoms with van der Waals surface area (Å²) in [6, 6.07) is 14.4. The van der Waals surface area contributed by atoms with Crippen molar-refractivity contribution in [2.75, 3.05) is 32.6 Å². The first-order chi connectivity index (χ1) is 13.9. The fourth-order valence-corrected chi connectivity index (χ4v) is 2.44. The quantitative estimate of drug-likeness (QED) is 0.696. The molecule has 7 nitrogen and oxygen atoms in total. The number of benzene rings is 2. The Labute approximate surface area is 170 Å². The number of amides is 2. The second kappa shape index (κ2) is 10.5. The summed E-state index contributed by atoms with van der Waals surface area (Å²) in [6.07, 6.45) is 3.00. The van der Waals surface area contributed by atoms with E-state index in [0.717, 1.165) is 11.1 Å². The van der Waals surface area contributed by atoms with Crippen LogP contribution in [0, 0.1) is 18.3 Å². The number of aryl methyl sites for hydroxylation is 1. The molecule has 0 aliphatic heterocycles. The van der Waals surface area contributed by atoms with E-state index in [1.807, 2.05) is 37.3 Å². The first-order valence-electron chi connectivity index (χ1n) is 8.90. The lowest BCUT2D eigenvalue weighted by Gasteiger charge is -2.15. The Kier molecular flexibility index (Phi) is 7.80. The molecule has 2 amide bonds. The van der Waals surface area contributed by atoms with Crippen molar-refractivity contribution in [2.45, 2.75) is 6.92 Å². The van der Waals surface area contributed by atoms with Gasteiger partial charge in [-0.3, -0.25) is 9.59 Å². The molecule has 0 aliphatic carbocycles. The first kappa shape index (κ1) is 21.5. The Morgan fingerprint density at radius 2 is 1.90 bits per heavy atom. The van der Waals surface area contributed by atoms with Crippen molar-refractivity contribution in [1.82, 2.24) is 4.90 Å². The molecule has 2 aromatic carbocycles. The van der Waals surface area contributed by atoms with Gasteiger partial charge in [-0.15, -0.1) is 0 Å². The highest BCUT2D eigenvalue weighted by atomic mass is 16.5. The molecule has 29 heavy (non-hydrogen) atoms. The van der Waals surface area contributed by atoms with E-state index >= 15 is 0 Å². The molecule has 0 unspecified atom stereocenters. The summed E-state index contributed by atoms with van der Waals surface area (Å²) in [5.41, 5.74) is 2.50. The molecule has 0 heterocycles. The van der Waals surface area contributed by atoms with E-state index in [4.69, 9.17) is 14.7 Å². The number of anilines is 1. The van der Waals surface area contributed by atoms with Gasteiger partial charge in [0.1, 0.15) is 6.07 Å². The van der Waals surface area contributed by atoms with Gasteiger partial charge in [0.15, 0.2) is 18.1 Å². The largest absolute Gasteiger partial charge is 0.493 e. The van der Waals surface area contributed by atoms with Gasteiger partial charge in [-0.25, -0.2) is 0 Å². The zero-order valence-corrected chi connectivity index (χ0v) is 16.6. The molecular weight excluding hydrogens is 370 g/mol. The minimum absolute atomic E-state index is 0.0681. The summed E-state index contributed by atoms with van der Waals surface area (Å²) in [5.74, 6) is 0.315. The molecule has 0 fully saturated rings. The maximum atomic E-state index is 12.3. The highest BCUT2D eigenvalue weighted by molar-refractivity contribution is 5.97. The molecule has 0 atom stereocenters. The molecule has 2 aromatic rings. The van der Waals surface area contributed by atoms with E-state index in [9.17, 15) is 9.59 Å². The smallest absolute Gasteiger partial charge is 0.246 e. The molecule has 0 aliphatic rings. The summed E-state index contributed by atoms with van der Waals surface area (Å²) in [5, 5.41) is 11.4. The summed E-state index contributed by atoms with van der Waals surface area (Å²) in [6.45, 7) is 1.81. The van der Waals surface area contributed by atoms with Gasteiger partial charge in [-0.1, -0.05) is 23.8 Å². The van der Waals surface area contributed by atoms with E-state index < -0.39 is 0 Å². The number of carbonyl (C=O) groups is 2. The van der Waals surface area contributed by atoms with Crippen molar-refractivity contribution < 1.29 is 19.1 Å². The number of rotatable bonds is 8. The van der Waals surface area contributed by atoms with Crippen molar-refractivity contribution >= 4 is 23.6 Å². The molecule has 0 saturated carbocycles. The number of nitrogens with one attached hydrogen (secondary N) is 1. The van der Waals surface area contributed by atoms with Crippen molar-refractivity contribution in [1.29, 1.82) is 5.26 Å². The van der Waals surface area contributed by atoms with Crippen LogP contribution in [0.25, 0.3) is 6.08 Å². The summed E-state index contributed by atoms with van der Waals surface area (Å²) in [7, 11) is 3.05. The third-order valence-corrected chi connectivity index (χ3v) is 3.99. The number of nitriles is 1. The zero-order valence-electron chi connectivity index (χ0n) is 16.6. The summed E-state index contributed by atoms with van der Waals surface area (Å²) >= 11 is 0. The summed E-state index contributed by atoms with van der Waals surface area (Å²) in [4.78, 5) is 25.7.